The zero-order valence-corrected chi connectivity index (χ0v) is 17.3. The van der Waals surface area contributed by atoms with Crippen molar-refractivity contribution < 1.29 is 9.23 Å². The van der Waals surface area contributed by atoms with Crippen LogP contribution >= 0.6 is 23.2 Å². The second-order valence-corrected chi connectivity index (χ2v) is 8.05. The van der Waals surface area contributed by atoms with Crippen molar-refractivity contribution in [2.45, 2.75) is 31.9 Å². The number of benzene rings is 1. The highest BCUT2D eigenvalue weighted by Crippen LogP contribution is 2.35. The van der Waals surface area contributed by atoms with Crippen LogP contribution < -0.4 is 10.5 Å². The van der Waals surface area contributed by atoms with Crippen LogP contribution in [0.15, 0.2) is 41.6 Å². The molecule has 0 bridgehead atoms. The fourth-order valence-electron chi connectivity index (χ4n) is 3.38. The second-order valence-electron chi connectivity index (χ2n) is 7.26. The minimum Gasteiger partial charge on any atom is -0.401 e. The molecule has 4 aromatic rings. The lowest BCUT2D eigenvalue weighted by molar-refractivity contribution is 0.0492. The number of pyridine rings is 1. The van der Waals surface area contributed by atoms with Gasteiger partial charge >= 0.3 is 5.69 Å². The summed E-state index contributed by atoms with van der Waals surface area (Å²) in [5.41, 5.74) is 2.23. The van der Waals surface area contributed by atoms with Gasteiger partial charge < -0.3 is 4.84 Å². The summed E-state index contributed by atoms with van der Waals surface area (Å²) in [6.45, 7) is 1.63. The van der Waals surface area contributed by atoms with E-state index in [-0.39, 0.29) is 15.6 Å². The van der Waals surface area contributed by atoms with E-state index >= 15 is 0 Å². The van der Waals surface area contributed by atoms with Gasteiger partial charge in [0, 0.05) is 34.1 Å². The van der Waals surface area contributed by atoms with E-state index in [0.717, 1.165) is 28.7 Å². The number of aromatic amines is 1. The Balaban J connectivity index is 1.53. The molecule has 3 heterocycles. The minimum absolute atomic E-state index is 0.144. The lowest BCUT2D eigenvalue weighted by Crippen LogP contribution is -2.26. The van der Waals surface area contributed by atoms with Crippen molar-refractivity contribution in [1.82, 2.24) is 24.5 Å². The molecule has 1 fully saturated rings. The van der Waals surface area contributed by atoms with Crippen molar-refractivity contribution in [2.24, 2.45) is 0 Å². The Morgan fingerprint density at radius 3 is 2.83 bits per heavy atom. The minimum atomic E-state index is -0.793. The number of hydrogen-bond donors (Lipinski definition) is 1. The van der Waals surface area contributed by atoms with Crippen LogP contribution in [0.5, 0.6) is 0 Å². The first-order valence-corrected chi connectivity index (χ1v) is 10.1. The Morgan fingerprint density at radius 2 is 2.07 bits per heavy atom. The monoisotopic (exact) mass is 447 g/mol. The van der Waals surface area contributed by atoms with Crippen molar-refractivity contribution in [1.29, 1.82) is 0 Å². The maximum absolute atomic E-state index is 13.9. The molecule has 0 radical (unpaired) electrons. The number of hydrogen-bond acceptors (Lipinski definition) is 4. The highest BCUT2D eigenvalue weighted by Gasteiger charge is 2.25. The summed E-state index contributed by atoms with van der Waals surface area (Å²) < 4.78 is 16.9. The van der Waals surface area contributed by atoms with Crippen LogP contribution in [0.1, 0.15) is 37.5 Å². The lowest BCUT2D eigenvalue weighted by atomic mass is 10.1. The van der Waals surface area contributed by atoms with Crippen molar-refractivity contribution in [2.75, 3.05) is 0 Å². The molecule has 0 amide bonds. The number of H-pyrrole nitrogens is 1. The summed E-state index contributed by atoms with van der Waals surface area (Å²) in [6, 6.07) is 4.82. The number of aromatic nitrogens is 5. The normalized spacial score (nSPS) is 14.9. The molecular formula is C20H16Cl2FN5O2. The molecule has 30 heavy (non-hydrogen) atoms. The summed E-state index contributed by atoms with van der Waals surface area (Å²) >= 11 is 12.3. The topological polar surface area (TPSA) is 77.7 Å². The van der Waals surface area contributed by atoms with Gasteiger partial charge in [0.15, 0.2) is 11.8 Å². The largest absolute Gasteiger partial charge is 0.401 e. The highest BCUT2D eigenvalue weighted by molar-refractivity contribution is 6.36. The molecule has 1 unspecified atom stereocenters. The van der Waals surface area contributed by atoms with Crippen LogP contribution in [-0.4, -0.2) is 24.5 Å². The van der Waals surface area contributed by atoms with Crippen LogP contribution in [0, 0.1) is 5.82 Å². The Bertz CT molecular complexity index is 1320. The Morgan fingerprint density at radius 1 is 1.27 bits per heavy atom. The quantitative estimate of drug-likeness (QED) is 0.454. The first kappa shape index (κ1) is 19.1. The summed E-state index contributed by atoms with van der Waals surface area (Å²) in [6.07, 6.45) is 6.87. The molecule has 3 aromatic heterocycles. The number of nitrogens with zero attached hydrogens (tertiary/aromatic N) is 4. The summed E-state index contributed by atoms with van der Waals surface area (Å²) in [4.78, 5) is 25.3. The molecule has 1 saturated carbocycles. The van der Waals surface area contributed by atoms with Crippen LogP contribution in [0.2, 0.25) is 10.0 Å². The van der Waals surface area contributed by atoms with E-state index in [9.17, 15) is 9.18 Å². The van der Waals surface area contributed by atoms with Gasteiger partial charge in [-0.1, -0.05) is 23.2 Å². The highest BCUT2D eigenvalue weighted by atomic mass is 35.5. The van der Waals surface area contributed by atoms with Gasteiger partial charge in [-0.25, -0.2) is 14.2 Å². The van der Waals surface area contributed by atoms with Gasteiger partial charge in [-0.15, -0.1) is 4.73 Å². The third-order valence-electron chi connectivity index (χ3n) is 5.10. The van der Waals surface area contributed by atoms with Crippen molar-refractivity contribution >= 4 is 34.4 Å². The van der Waals surface area contributed by atoms with Crippen molar-refractivity contribution in [3.63, 3.8) is 0 Å². The fraction of sp³-hybridized carbons (Fsp3) is 0.250. The SMILES string of the molecule is CC(On1c(=O)[nH]c2ncc(-c3cnn(C4CC4)c3)cc21)c1c(Cl)ccc(F)c1Cl. The van der Waals surface area contributed by atoms with Crippen LogP contribution in [0.4, 0.5) is 4.39 Å². The molecule has 7 nitrogen and oxygen atoms in total. The molecule has 0 aliphatic heterocycles. The summed E-state index contributed by atoms with van der Waals surface area (Å²) in [5.74, 6) is -0.616. The summed E-state index contributed by atoms with van der Waals surface area (Å²) in [7, 11) is 0. The molecule has 1 aromatic carbocycles. The van der Waals surface area contributed by atoms with Crippen molar-refractivity contribution in [3.05, 3.63) is 68.7 Å². The second kappa shape index (κ2) is 7.14. The van der Waals surface area contributed by atoms with Gasteiger partial charge in [0.25, 0.3) is 0 Å². The Labute approximate surface area is 180 Å². The van der Waals surface area contributed by atoms with E-state index in [1.807, 2.05) is 10.9 Å². The first-order chi connectivity index (χ1) is 14.4. The number of rotatable bonds is 5. The third kappa shape index (κ3) is 3.26. The van der Waals surface area contributed by atoms with Crippen LogP contribution in [-0.2, 0) is 0 Å². The molecule has 10 heteroatoms. The lowest BCUT2D eigenvalue weighted by Gasteiger charge is -2.17. The molecular weight excluding hydrogens is 432 g/mol. The van der Waals surface area contributed by atoms with E-state index < -0.39 is 17.6 Å². The van der Waals surface area contributed by atoms with Crippen LogP contribution in [0.25, 0.3) is 22.3 Å². The van der Waals surface area contributed by atoms with E-state index in [4.69, 9.17) is 28.0 Å². The Kier molecular flexibility index (Phi) is 4.56. The molecule has 0 saturated heterocycles. The van der Waals surface area contributed by atoms with Gasteiger partial charge in [-0.05, 0) is 38.0 Å². The van der Waals surface area contributed by atoms with E-state index in [1.54, 1.807) is 25.4 Å². The molecule has 5 rings (SSSR count). The zero-order valence-electron chi connectivity index (χ0n) is 15.8. The van der Waals surface area contributed by atoms with Gasteiger partial charge in [0.05, 0.1) is 17.3 Å². The van der Waals surface area contributed by atoms with E-state index in [1.165, 1.54) is 12.1 Å². The molecule has 1 aliphatic carbocycles. The molecule has 1 aliphatic rings. The predicted molar refractivity (Wildman–Crippen MR) is 111 cm³/mol. The molecule has 154 valence electrons. The van der Waals surface area contributed by atoms with E-state index in [0.29, 0.717) is 17.2 Å². The average molecular weight is 448 g/mol. The van der Waals surface area contributed by atoms with Crippen LogP contribution in [0.3, 0.4) is 0 Å². The fourth-order valence-corrected chi connectivity index (χ4v) is 4.06. The van der Waals surface area contributed by atoms with Gasteiger partial charge in [0.2, 0.25) is 0 Å². The number of halogens is 3. The van der Waals surface area contributed by atoms with Gasteiger partial charge in [-0.3, -0.25) is 9.67 Å². The standard InChI is InChI=1S/C20H16Cl2FN5O2/c1-10(17-14(21)4-5-15(23)18(17)22)30-28-16-6-11(7-24-19(16)26-20(28)29)12-8-25-27(9-12)13-2-3-13/h4-10,13H,2-3H2,1H3,(H,24,26,29). The third-order valence-corrected chi connectivity index (χ3v) is 5.82. The summed E-state index contributed by atoms with van der Waals surface area (Å²) in [5, 5.41) is 4.49. The Hall–Kier alpha value is -2.84. The van der Waals surface area contributed by atoms with Gasteiger partial charge in [-0.2, -0.15) is 5.10 Å². The maximum Gasteiger partial charge on any atom is 0.360 e. The maximum atomic E-state index is 13.9. The first-order valence-electron chi connectivity index (χ1n) is 9.38. The zero-order chi connectivity index (χ0) is 21.0. The molecule has 1 N–H and O–H groups in total. The van der Waals surface area contributed by atoms with Crippen molar-refractivity contribution in [3.8, 4) is 11.1 Å². The predicted octanol–water partition coefficient (Wildman–Crippen LogP) is 4.56. The number of nitrogens with one attached hydrogen (secondary N) is 1. The van der Waals surface area contributed by atoms with E-state index in [2.05, 4.69) is 15.1 Å². The molecule has 1 atom stereocenters. The molecule has 0 spiro atoms. The number of fused-ring (bicyclic) bond motifs is 1. The number of imidazole rings is 1. The average Bonchev–Trinajstić information content (AvgIpc) is 3.37. The smallest absolute Gasteiger partial charge is 0.360 e. The van der Waals surface area contributed by atoms with Gasteiger partial charge in [0.1, 0.15) is 11.3 Å².